The van der Waals surface area contributed by atoms with Gasteiger partial charge in [-0.25, -0.2) is 0 Å². The van der Waals surface area contributed by atoms with Gasteiger partial charge in [-0.1, -0.05) is 73.5 Å². The number of fused-ring (bicyclic) bond motifs is 3. The average molecular weight is 539 g/mol. The molecule has 0 spiro atoms. The lowest BCUT2D eigenvalue weighted by Crippen LogP contribution is -2.48. The molecule has 0 radical (unpaired) electrons. The van der Waals surface area contributed by atoms with Gasteiger partial charge < -0.3 is 18.7 Å². The van der Waals surface area contributed by atoms with Crippen molar-refractivity contribution in [3.05, 3.63) is 12.2 Å². The first-order valence-electron chi connectivity index (χ1n) is 14.6. The van der Waals surface area contributed by atoms with Crippen LogP contribution in [0.15, 0.2) is 12.2 Å². The molecule has 0 aromatic carbocycles. The second kappa shape index (κ2) is 10.2. The maximum Gasteiger partial charge on any atom is 0.192 e. The molecule has 0 bridgehead atoms. The number of hydrogen-bond donors (Lipinski definition) is 1. The van der Waals surface area contributed by atoms with Crippen LogP contribution in [0.2, 0.25) is 36.3 Å². The first-order chi connectivity index (χ1) is 16.3. The molecule has 210 valence electrons. The minimum absolute atomic E-state index is 0.128. The van der Waals surface area contributed by atoms with Crippen molar-refractivity contribution in [3.8, 4) is 0 Å². The van der Waals surface area contributed by atoms with E-state index < -0.39 is 16.6 Å². The molecule has 1 aliphatic heterocycles. The van der Waals surface area contributed by atoms with Gasteiger partial charge in [0.05, 0.1) is 24.4 Å². The Labute approximate surface area is 225 Å². The Morgan fingerprint density at radius 2 is 1.58 bits per heavy atom. The van der Waals surface area contributed by atoms with Gasteiger partial charge in [-0.15, -0.1) is 0 Å². The third-order valence-electron chi connectivity index (χ3n) is 10.6. The average Bonchev–Trinajstić information content (AvgIpc) is 3.23. The summed E-state index contributed by atoms with van der Waals surface area (Å²) in [7, 11) is -3.76. The molecule has 0 amide bonds. The monoisotopic (exact) mass is 538 g/mol. The molecule has 3 unspecified atom stereocenters. The Morgan fingerprint density at radius 3 is 2.11 bits per heavy atom. The largest absolute Gasteiger partial charge is 0.413 e. The maximum absolute atomic E-state index is 10.0. The van der Waals surface area contributed by atoms with Crippen molar-refractivity contribution in [3.63, 3.8) is 0 Å². The van der Waals surface area contributed by atoms with Gasteiger partial charge in [0.15, 0.2) is 16.6 Å². The Bertz CT molecular complexity index is 796. The van der Waals surface area contributed by atoms with Crippen LogP contribution in [-0.4, -0.2) is 51.8 Å². The summed E-state index contributed by atoms with van der Waals surface area (Å²) >= 11 is 0. The van der Waals surface area contributed by atoms with Gasteiger partial charge in [0, 0.05) is 5.92 Å². The molecule has 3 fully saturated rings. The molecule has 0 aromatic heterocycles. The van der Waals surface area contributed by atoms with Crippen LogP contribution in [0.3, 0.4) is 0 Å². The summed E-state index contributed by atoms with van der Waals surface area (Å²) in [5.74, 6) is 1.45. The highest BCUT2D eigenvalue weighted by Gasteiger charge is 2.71. The normalized spacial score (nSPS) is 34.6. The molecule has 6 heteroatoms. The Kier molecular flexibility index (Phi) is 8.66. The quantitative estimate of drug-likeness (QED) is 0.164. The number of aliphatic hydroxyl groups is 1. The summed E-state index contributed by atoms with van der Waals surface area (Å²) in [6.07, 6.45) is 11.9. The maximum atomic E-state index is 10.0. The lowest BCUT2D eigenvalue weighted by atomic mass is 9.88. The number of ether oxygens (including phenoxy) is 1. The fourth-order valence-electron chi connectivity index (χ4n) is 6.19. The van der Waals surface area contributed by atoms with Crippen LogP contribution >= 0.6 is 0 Å². The number of aliphatic hydroxyl groups excluding tert-OH is 1. The van der Waals surface area contributed by atoms with Crippen molar-refractivity contribution in [1.82, 2.24) is 0 Å². The van der Waals surface area contributed by atoms with Crippen LogP contribution in [0.4, 0.5) is 0 Å². The molecule has 3 rings (SSSR count). The van der Waals surface area contributed by atoms with Gasteiger partial charge in [-0.2, -0.15) is 0 Å². The highest BCUT2D eigenvalue weighted by Crippen LogP contribution is 2.63. The van der Waals surface area contributed by atoms with Gasteiger partial charge in [0.1, 0.15) is 5.60 Å². The molecular formula is C30H58O4Si2. The number of unbranched alkanes of at least 4 members (excludes halogenated alkanes) is 1. The number of rotatable bonds is 11. The minimum Gasteiger partial charge on any atom is -0.413 e. The summed E-state index contributed by atoms with van der Waals surface area (Å²) in [6.45, 7) is 28.3. The molecule has 1 heterocycles. The number of hydrogen-bond acceptors (Lipinski definition) is 4. The van der Waals surface area contributed by atoms with Crippen molar-refractivity contribution in [1.29, 1.82) is 0 Å². The molecule has 2 aliphatic carbocycles. The first-order valence-corrected chi connectivity index (χ1v) is 20.5. The van der Waals surface area contributed by atoms with Crippen molar-refractivity contribution in [2.24, 2.45) is 17.8 Å². The highest BCUT2D eigenvalue weighted by atomic mass is 28.4. The Morgan fingerprint density at radius 1 is 0.972 bits per heavy atom. The molecule has 3 aliphatic rings. The molecular weight excluding hydrogens is 480 g/mol. The van der Waals surface area contributed by atoms with Crippen LogP contribution in [0, 0.1) is 17.8 Å². The van der Waals surface area contributed by atoms with E-state index >= 15 is 0 Å². The standard InChI is InChI=1S/C30H58O4Si2/c1-13-14-17-29(8,34-36(11,12)28(5,6)7)18-15-16-22-24-20-30(21-31)26(32-30)23(24)19-25(22)33-35(9,10)27(2,3)4/h15-16,22-26,31H,13-14,17-21H2,1-12H3/b16-15+/t22-,23-,24-,25+,26?,29?,30?/m0/s1. The zero-order valence-electron chi connectivity index (χ0n) is 25.7. The van der Waals surface area contributed by atoms with E-state index in [0.717, 1.165) is 25.7 Å². The molecule has 0 aromatic rings. The molecule has 2 saturated carbocycles. The van der Waals surface area contributed by atoms with Crippen LogP contribution < -0.4 is 0 Å². The van der Waals surface area contributed by atoms with Gasteiger partial charge >= 0.3 is 0 Å². The Hall–Kier alpha value is 0.0138. The predicted molar refractivity (Wildman–Crippen MR) is 156 cm³/mol. The van der Waals surface area contributed by atoms with Crippen LogP contribution in [0.1, 0.15) is 93.9 Å². The number of epoxide rings is 1. The summed E-state index contributed by atoms with van der Waals surface area (Å²) in [4.78, 5) is 0. The van der Waals surface area contributed by atoms with Crippen molar-refractivity contribution >= 4 is 16.6 Å². The second-order valence-electron chi connectivity index (χ2n) is 15.6. The van der Waals surface area contributed by atoms with Gasteiger partial charge in [0.25, 0.3) is 0 Å². The van der Waals surface area contributed by atoms with E-state index in [1.807, 2.05) is 0 Å². The summed E-state index contributed by atoms with van der Waals surface area (Å²) in [5.41, 5.74) is -0.388. The van der Waals surface area contributed by atoms with E-state index in [1.54, 1.807) is 0 Å². The second-order valence-corrected chi connectivity index (χ2v) is 25.1. The van der Waals surface area contributed by atoms with Gasteiger partial charge in [-0.05, 0) is 80.7 Å². The zero-order chi connectivity index (χ0) is 27.4. The molecule has 7 atom stereocenters. The molecule has 36 heavy (non-hydrogen) atoms. The Balaban J connectivity index is 1.80. The predicted octanol–water partition coefficient (Wildman–Crippen LogP) is 8.08. The summed E-state index contributed by atoms with van der Waals surface area (Å²) < 4.78 is 20.2. The van der Waals surface area contributed by atoms with E-state index in [0.29, 0.717) is 17.8 Å². The minimum atomic E-state index is -1.88. The van der Waals surface area contributed by atoms with Crippen molar-refractivity contribution in [2.45, 2.75) is 154 Å². The lowest BCUT2D eigenvalue weighted by molar-refractivity contribution is 0.0629. The summed E-state index contributed by atoms with van der Waals surface area (Å²) in [5, 5.41) is 10.4. The zero-order valence-corrected chi connectivity index (χ0v) is 27.7. The van der Waals surface area contributed by atoms with Gasteiger partial charge in [0.2, 0.25) is 0 Å². The third-order valence-corrected chi connectivity index (χ3v) is 19.7. The van der Waals surface area contributed by atoms with E-state index in [2.05, 4.69) is 93.7 Å². The van der Waals surface area contributed by atoms with Crippen LogP contribution in [0.25, 0.3) is 0 Å². The topological polar surface area (TPSA) is 51.2 Å². The first kappa shape index (κ1) is 30.6. The highest BCUT2D eigenvalue weighted by molar-refractivity contribution is 6.74. The van der Waals surface area contributed by atoms with Crippen LogP contribution in [0.5, 0.6) is 0 Å². The third kappa shape index (κ3) is 6.09. The summed E-state index contributed by atoms with van der Waals surface area (Å²) in [6, 6.07) is 0. The smallest absolute Gasteiger partial charge is 0.192 e. The van der Waals surface area contributed by atoms with Crippen LogP contribution in [-0.2, 0) is 13.6 Å². The molecule has 1 N–H and O–H groups in total. The van der Waals surface area contributed by atoms with E-state index in [-0.39, 0.29) is 40.1 Å². The SMILES string of the molecule is CCCCC(C)(C/C=C/[C@H]1[C@@H]2CC3(CO)OC3[C@H]2C[C@H]1O[Si](C)(C)C(C)(C)C)O[Si](C)(C)C(C)(C)C. The van der Waals surface area contributed by atoms with E-state index in [4.69, 9.17) is 13.6 Å². The molecule has 1 saturated heterocycles. The fraction of sp³-hybridized carbons (Fsp3) is 0.933. The molecule has 4 nitrogen and oxygen atoms in total. The van der Waals surface area contributed by atoms with E-state index in [9.17, 15) is 5.11 Å². The van der Waals surface area contributed by atoms with Gasteiger partial charge in [-0.3, -0.25) is 0 Å². The fourth-order valence-corrected chi connectivity index (χ4v) is 9.27. The lowest BCUT2D eigenvalue weighted by Gasteiger charge is -2.44. The van der Waals surface area contributed by atoms with E-state index in [1.165, 1.54) is 12.8 Å². The van der Waals surface area contributed by atoms with Crippen molar-refractivity contribution in [2.75, 3.05) is 6.61 Å². The van der Waals surface area contributed by atoms with Crippen molar-refractivity contribution < 1.29 is 18.7 Å².